The number of benzene rings is 2. The SMILES string of the molecule is OC(Cc1nc(-c2c(F)cccc2F)cs1)c1ccc(Cl)cc1. The van der Waals surface area contributed by atoms with Gasteiger partial charge in [0.05, 0.1) is 22.4 Å². The minimum atomic E-state index is -0.753. The van der Waals surface area contributed by atoms with Gasteiger partial charge in [0.2, 0.25) is 0 Å². The lowest BCUT2D eigenvalue weighted by Gasteiger charge is -2.09. The molecule has 1 atom stereocenters. The molecule has 23 heavy (non-hydrogen) atoms. The van der Waals surface area contributed by atoms with Crippen molar-refractivity contribution in [3.63, 3.8) is 0 Å². The van der Waals surface area contributed by atoms with E-state index in [0.29, 0.717) is 15.6 Å². The van der Waals surface area contributed by atoms with E-state index in [9.17, 15) is 13.9 Å². The van der Waals surface area contributed by atoms with Gasteiger partial charge in [-0.2, -0.15) is 0 Å². The van der Waals surface area contributed by atoms with Crippen molar-refractivity contribution in [3.8, 4) is 11.3 Å². The van der Waals surface area contributed by atoms with Crippen molar-refractivity contribution in [1.29, 1.82) is 0 Å². The number of aromatic nitrogens is 1. The fourth-order valence-corrected chi connectivity index (χ4v) is 3.18. The zero-order valence-electron chi connectivity index (χ0n) is 11.8. The van der Waals surface area contributed by atoms with E-state index < -0.39 is 17.7 Å². The van der Waals surface area contributed by atoms with E-state index in [-0.39, 0.29) is 17.7 Å². The average Bonchev–Trinajstić information content (AvgIpc) is 2.96. The molecule has 3 aromatic rings. The first kappa shape index (κ1) is 16.1. The van der Waals surface area contributed by atoms with Gasteiger partial charge in [-0.15, -0.1) is 11.3 Å². The van der Waals surface area contributed by atoms with E-state index in [1.807, 2.05) is 0 Å². The average molecular weight is 352 g/mol. The van der Waals surface area contributed by atoms with Gasteiger partial charge < -0.3 is 5.11 Å². The summed E-state index contributed by atoms with van der Waals surface area (Å²) in [4.78, 5) is 4.24. The van der Waals surface area contributed by atoms with Gasteiger partial charge in [-0.25, -0.2) is 13.8 Å². The Labute approximate surface area is 141 Å². The zero-order chi connectivity index (χ0) is 16.4. The third kappa shape index (κ3) is 3.58. The van der Waals surface area contributed by atoms with Crippen molar-refractivity contribution >= 4 is 22.9 Å². The van der Waals surface area contributed by atoms with Gasteiger partial charge in [0.25, 0.3) is 0 Å². The molecular weight excluding hydrogens is 340 g/mol. The highest BCUT2D eigenvalue weighted by Gasteiger charge is 2.16. The van der Waals surface area contributed by atoms with Crippen molar-refractivity contribution in [2.75, 3.05) is 0 Å². The van der Waals surface area contributed by atoms with E-state index in [1.54, 1.807) is 29.6 Å². The molecule has 2 aromatic carbocycles. The maximum absolute atomic E-state index is 13.8. The van der Waals surface area contributed by atoms with Crippen LogP contribution >= 0.6 is 22.9 Å². The predicted octanol–water partition coefficient (Wildman–Crippen LogP) is 5.02. The second-order valence-electron chi connectivity index (χ2n) is 4.99. The fraction of sp³-hybridized carbons (Fsp3) is 0.118. The number of halogens is 3. The molecule has 1 N–H and O–H groups in total. The van der Waals surface area contributed by atoms with Gasteiger partial charge in [-0.3, -0.25) is 0 Å². The number of aliphatic hydroxyl groups is 1. The Morgan fingerprint density at radius 3 is 2.39 bits per heavy atom. The van der Waals surface area contributed by atoms with Gasteiger partial charge in [-0.05, 0) is 29.8 Å². The van der Waals surface area contributed by atoms with Crippen molar-refractivity contribution in [1.82, 2.24) is 4.98 Å². The minimum absolute atomic E-state index is 0.143. The molecule has 0 spiro atoms. The maximum Gasteiger partial charge on any atom is 0.135 e. The van der Waals surface area contributed by atoms with E-state index in [2.05, 4.69) is 4.98 Å². The van der Waals surface area contributed by atoms with Crippen molar-refractivity contribution in [3.05, 3.63) is 75.1 Å². The summed E-state index contributed by atoms with van der Waals surface area (Å²) in [7, 11) is 0. The number of rotatable bonds is 4. The first-order valence-corrected chi connectivity index (χ1v) is 8.12. The quantitative estimate of drug-likeness (QED) is 0.716. The summed E-state index contributed by atoms with van der Waals surface area (Å²) in [5.41, 5.74) is 0.808. The standard InChI is InChI=1S/C17H12ClF2NOS/c18-11-6-4-10(5-7-11)15(22)8-16-21-14(9-23-16)17-12(19)2-1-3-13(17)20/h1-7,9,15,22H,8H2. The molecule has 0 fully saturated rings. The van der Waals surface area contributed by atoms with Crippen LogP contribution in [-0.4, -0.2) is 10.1 Å². The lowest BCUT2D eigenvalue weighted by Crippen LogP contribution is -2.01. The summed E-state index contributed by atoms with van der Waals surface area (Å²) in [6, 6.07) is 10.6. The molecule has 0 bridgehead atoms. The maximum atomic E-state index is 13.8. The van der Waals surface area contributed by atoms with E-state index in [1.165, 1.54) is 29.5 Å². The third-order valence-electron chi connectivity index (χ3n) is 3.39. The van der Waals surface area contributed by atoms with Gasteiger partial charge in [0.15, 0.2) is 0 Å². The summed E-state index contributed by atoms with van der Waals surface area (Å²) in [6.07, 6.45) is -0.487. The van der Waals surface area contributed by atoms with Crippen molar-refractivity contribution in [2.45, 2.75) is 12.5 Å². The molecule has 0 saturated carbocycles. The van der Waals surface area contributed by atoms with E-state index in [0.717, 1.165) is 0 Å². The summed E-state index contributed by atoms with van der Waals surface area (Å²) < 4.78 is 27.5. The lowest BCUT2D eigenvalue weighted by atomic mass is 10.1. The second kappa shape index (κ2) is 6.74. The fourth-order valence-electron chi connectivity index (χ4n) is 2.23. The number of thiazole rings is 1. The normalized spacial score (nSPS) is 12.3. The van der Waals surface area contributed by atoms with Crippen LogP contribution in [0, 0.1) is 11.6 Å². The van der Waals surface area contributed by atoms with Crippen LogP contribution in [0.25, 0.3) is 11.3 Å². The molecule has 0 aliphatic rings. The predicted molar refractivity (Wildman–Crippen MR) is 87.6 cm³/mol. The van der Waals surface area contributed by atoms with Crippen LogP contribution in [0.2, 0.25) is 5.02 Å². The smallest absolute Gasteiger partial charge is 0.135 e. The minimum Gasteiger partial charge on any atom is -0.388 e. The monoisotopic (exact) mass is 351 g/mol. The van der Waals surface area contributed by atoms with E-state index >= 15 is 0 Å². The van der Waals surface area contributed by atoms with Gasteiger partial charge in [0.1, 0.15) is 11.6 Å². The van der Waals surface area contributed by atoms with Crippen LogP contribution in [-0.2, 0) is 6.42 Å². The van der Waals surface area contributed by atoms with Crippen LogP contribution in [0.4, 0.5) is 8.78 Å². The zero-order valence-corrected chi connectivity index (χ0v) is 13.4. The van der Waals surface area contributed by atoms with Crippen LogP contribution in [0.3, 0.4) is 0 Å². The molecule has 0 aliphatic carbocycles. The van der Waals surface area contributed by atoms with Crippen LogP contribution in [0.15, 0.2) is 47.8 Å². The first-order valence-electron chi connectivity index (χ1n) is 6.87. The number of aliphatic hydroxyl groups excluding tert-OH is 1. The summed E-state index contributed by atoms with van der Waals surface area (Å²) >= 11 is 7.07. The molecule has 118 valence electrons. The Kier molecular flexibility index (Phi) is 4.71. The summed E-state index contributed by atoms with van der Waals surface area (Å²) in [5, 5.41) is 13.0. The van der Waals surface area contributed by atoms with Gasteiger partial charge >= 0.3 is 0 Å². The summed E-state index contributed by atoms with van der Waals surface area (Å²) in [6.45, 7) is 0. The van der Waals surface area contributed by atoms with Crippen molar-refractivity contribution in [2.24, 2.45) is 0 Å². The molecule has 1 aromatic heterocycles. The summed E-state index contributed by atoms with van der Waals surface area (Å²) in [5.74, 6) is -1.31. The topological polar surface area (TPSA) is 33.1 Å². The molecular formula is C17H12ClF2NOS. The number of hydrogen-bond acceptors (Lipinski definition) is 3. The van der Waals surface area contributed by atoms with Crippen LogP contribution in [0.5, 0.6) is 0 Å². The molecule has 0 saturated heterocycles. The molecule has 2 nitrogen and oxygen atoms in total. The highest BCUT2D eigenvalue weighted by atomic mass is 35.5. The highest BCUT2D eigenvalue weighted by molar-refractivity contribution is 7.09. The Balaban J connectivity index is 1.81. The Morgan fingerprint density at radius 2 is 1.74 bits per heavy atom. The van der Waals surface area contributed by atoms with Gasteiger partial charge in [0, 0.05) is 16.8 Å². The first-order chi connectivity index (χ1) is 11.0. The molecule has 0 radical (unpaired) electrons. The highest BCUT2D eigenvalue weighted by Crippen LogP contribution is 2.29. The third-order valence-corrected chi connectivity index (χ3v) is 4.52. The lowest BCUT2D eigenvalue weighted by molar-refractivity contribution is 0.178. The Morgan fingerprint density at radius 1 is 1.09 bits per heavy atom. The largest absolute Gasteiger partial charge is 0.388 e. The van der Waals surface area contributed by atoms with Crippen molar-refractivity contribution < 1.29 is 13.9 Å². The molecule has 6 heteroatoms. The molecule has 1 unspecified atom stereocenters. The second-order valence-corrected chi connectivity index (χ2v) is 6.37. The molecule has 1 heterocycles. The van der Waals surface area contributed by atoms with Gasteiger partial charge in [-0.1, -0.05) is 29.8 Å². The van der Waals surface area contributed by atoms with Crippen LogP contribution < -0.4 is 0 Å². The number of nitrogens with zero attached hydrogens (tertiary/aromatic N) is 1. The number of hydrogen-bond donors (Lipinski definition) is 1. The molecule has 0 aliphatic heterocycles. The van der Waals surface area contributed by atoms with Crippen LogP contribution in [0.1, 0.15) is 16.7 Å². The Hall–Kier alpha value is -1.82. The molecule has 0 amide bonds. The van der Waals surface area contributed by atoms with E-state index in [4.69, 9.17) is 11.6 Å². The molecule has 3 rings (SSSR count). The Bertz CT molecular complexity index is 799.